The molecule has 0 saturated heterocycles. The Morgan fingerprint density at radius 3 is 2.38 bits per heavy atom. The summed E-state index contributed by atoms with van der Waals surface area (Å²) in [6.45, 7) is 3.51. The molecular weight excluding hydrogens is 284 g/mol. The van der Waals surface area contributed by atoms with Crippen LogP contribution in [0.3, 0.4) is 0 Å². The van der Waals surface area contributed by atoms with E-state index in [-0.39, 0.29) is 6.04 Å². The quantitative estimate of drug-likeness (QED) is 0.770. The molecule has 21 heavy (non-hydrogen) atoms. The van der Waals surface area contributed by atoms with Gasteiger partial charge in [-0.3, -0.25) is 0 Å². The molecule has 1 aromatic rings. The summed E-state index contributed by atoms with van der Waals surface area (Å²) in [6.07, 6.45) is -3.04. The Bertz CT molecular complexity index is 444. The van der Waals surface area contributed by atoms with E-state index in [0.29, 0.717) is 12.0 Å². The van der Waals surface area contributed by atoms with Crippen molar-refractivity contribution in [3.63, 3.8) is 0 Å². The maximum atomic E-state index is 13.7. The molecule has 0 aliphatic carbocycles. The average molecular weight is 306 g/mol. The topological polar surface area (TPSA) is 15.3 Å². The van der Waals surface area contributed by atoms with Gasteiger partial charge >= 0.3 is 6.18 Å². The number of alkyl halides is 3. The third kappa shape index (κ3) is 5.63. The fourth-order valence-corrected chi connectivity index (χ4v) is 2.07. The summed E-state index contributed by atoms with van der Waals surface area (Å²) in [5, 5.41) is 3.25. The predicted molar refractivity (Wildman–Crippen MR) is 75.6 cm³/mol. The monoisotopic (exact) mass is 306 g/mol. The molecule has 0 fully saturated rings. The molecule has 1 N–H and O–H groups in total. The molecule has 6 heteroatoms. The second-order valence-corrected chi connectivity index (χ2v) is 5.34. The predicted octanol–water partition coefficient (Wildman–Crippen LogP) is 3.84. The van der Waals surface area contributed by atoms with Crippen molar-refractivity contribution in [3.8, 4) is 0 Å². The molecule has 0 heterocycles. The summed E-state index contributed by atoms with van der Waals surface area (Å²) in [7, 11) is 3.84. The standard InChI is InChI=1S/C15H22F4N2/c1-4-8-20-14(7-9-21(2)3)11-5-6-12(13(16)10-11)15(17,18)19/h5-6,10,14,20H,4,7-9H2,1-3H3. The van der Waals surface area contributed by atoms with Gasteiger partial charge in [0.2, 0.25) is 0 Å². The van der Waals surface area contributed by atoms with Gasteiger partial charge in [-0.15, -0.1) is 0 Å². The van der Waals surface area contributed by atoms with E-state index in [4.69, 9.17) is 0 Å². The second-order valence-electron chi connectivity index (χ2n) is 5.34. The number of hydrogen-bond donors (Lipinski definition) is 1. The number of benzene rings is 1. The highest BCUT2D eigenvalue weighted by atomic mass is 19.4. The summed E-state index contributed by atoms with van der Waals surface area (Å²) in [5.74, 6) is -1.21. The molecule has 0 aliphatic rings. The van der Waals surface area contributed by atoms with Gasteiger partial charge in [-0.25, -0.2) is 4.39 Å². The largest absolute Gasteiger partial charge is 0.419 e. The molecule has 0 aliphatic heterocycles. The Balaban J connectivity index is 2.94. The molecule has 1 atom stereocenters. The van der Waals surface area contributed by atoms with E-state index in [1.807, 2.05) is 25.9 Å². The molecule has 1 unspecified atom stereocenters. The zero-order chi connectivity index (χ0) is 16.0. The minimum Gasteiger partial charge on any atom is -0.310 e. The van der Waals surface area contributed by atoms with Crippen LogP contribution >= 0.6 is 0 Å². The van der Waals surface area contributed by atoms with Crippen molar-refractivity contribution in [1.29, 1.82) is 0 Å². The van der Waals surface area contributed by atoms with Crippen molar-refractivity contribution < 1.29 is 17.6 Å². The van der Waals surface area contributed by atoms with Crippen molar-refractivity contribution in [3.05, 3.63) is 35.1 Å². The van der Waals surface area contributed by atoms with E-state index in [1.165, 1.54) is 6.07 Å². The van der Waals surface area contributed by atoms with Gasteiger partial charge in [-0.2, -0.15) is 13.2 Å². The van der Waals surface area contributed by atoms with Crippen LogP contribution in [0.2, 0.25) is 0 Å². The zero-order valence-corrected chi connectivity index (χ0v) is 12.6. The van der Waals surface area contributed by atoms with Crippen LogP contribution < -0.4 is 5.32 Å². The molecule has 120 valence electrons. The smallest absolute Gasteiger partial charge is 0.310 e. The van der Waals surface area contributed by atoms with E-state index >= 15 is 0 Å². The number of rotatable bonds is 7. The molecular formula is C15H22F4N2. The third-order valence-electron chi connectivity index (χ3n) is 3.21. The highest BCUT2D eigenvalue weighted by Crippen LogP contribution is 2.32. The van der Waals surface area contributed by atoms with Crippen LogP contribution in [0.15, 0.2) is 18.2 Å². The Morgan fingerprint density at radius 2 is 1.90 bits per heavy atom. The van der Waals surface area contributed by atoms with Crippen LogP contribution in [0, 0.1) is 5.82 Å². The Morgan fingerprint density at radius 1 is 1.24 bits per heavy atom. The van der Waals surface area contributed by atoms with E-state index in [2.05, 4.69) is 5.32 Å². The molecule has 0 bridgehead atoms. The Kier molecular flexibility index (Phi) is 6.61. The summed E-state index contributed by atoms with van der Waals surface area (Å²) >= 11 is 0. The lowest BCUT2D eigenvalue weighted by Gasteiger charge is -2.22. The van der Waals surface area contributed by atoms with Crippen LogP contribution in [0.1, 0.15) is 36.9 Å². The SMILES string of the molecule is CCCNC(CCN(C)C)c1ccc(C(F)(F)F)c(F)c1. The van der Waals surface area contributed by atoms with Crippen LogP contribution in [-0.4, -0.2) is 32.1 Å². The number of nitrogens with one attached hydrogen (secondary N) is 1. The maximum Gasteiger partial charge on any atom is 0.419 e. The maximum absolute atomic E-state index is 13.7. The fourth-order valence-electron chi connectivity index (χ4n) is 2.07. The molecule has 2 nitrogen and oxygen atoms in total. The molecule has 0 aromatic heterocycles. The number of nitrogens with zero attached hydrogens (tertiary/aromatic N) is 1. The van der Waals surface area contributed by atoms with Gasteiger partial charge in [0.15, 0.2) is 0 Å². The van der Waals surface area contributed by atoms with Crippen LogP contribution in [-0.2, 0) is 6.18 Å². The first-order chi connectivity index (χ1) is 9.75. The van der Waals surface area contributed by atoms with Crippen molar-refractivity contribution in [2.75, 3.05) is 27.2 Å². The summed E-state index contributed by atoms with van der Waals surface area (Å²) in [6, 6.07) is 3.02. The van der Waals surface area contributed by atoms with Gasteiger partial charge in [-0.05, 0) is 57.7 Å². The average Bonchev–Trinajstić information content (AvgIpc) is 2.37. The van der Waals surface area contributed by atoms with Crippen LogP contribution in [0.25, 0.3) is 0 Å². The molecule has 0 radical (unpaired) electrons. The lowest BCUT2D eigenvalue weighted by molar-refractivity contribution is -0.140. The minimum absolute atomic E-state index is 0.149. The lowest BCUT2D eigenvalue weighted by Crippen LogP contribution is -2.26. The highest BCUT2D eigenvalue weighted by Gasteiger charge is 2.34. The van der Waals surface area contributed by atoms with E-state index in [9.17, 15) is 17.6 Å². The molecule has 0 amide bonds. The second kappa shape index (κ2) is 7.75. The third-order valence-corrected chi connectivity index (χ3v) is 3.21. The molecule has 1 aromatic carbocycles. The van der Waals surface area contributed by atoms with Crippen molar-refractivity contribution in [2.24, 2.45) is 0 Å². The Labute approximate surface area is 123 Å². The molecule has 0 spiro atoms. The first-order valence-corrected chi connectivity index (χ1v) is 7.00. The van der Waals surface area contributed by atoms with Crippen molar-refractivity contribution >= 4 is 0 Å². The Hall–Kier alpha value is -1.14. The van der Waals surface area contributed by atoms with Crippen LogP contribution in [0.4, 0.5) is 17.6 Å². The summed E-state index contributed by atoms with van der Waals surface area (Å²) < 4.78 is 51.4. The van der Waals surface area contributed by atoms with Gasteiger partial charge < -0.3 is 10.2 Å². The van der Waals surface area contributed by atoms with E-state index < -0.39 is 17.6 Å². The van der Waals surface area contributed by atoms with Crippen molar-refractivity contribution in [2.45, 2.75) is 32.0 Å². The summed E-state index contributed by atoms with van der Waals surface area (Å²) in [5.41, 5.74) is -0.663. The van der Waals surface area contributed by atoms with Gasteiger partial charge in [0, 0.05) is 6.04 Å². The minimum atomic E-state index is -4.65. The van der Waals surface area contributed by atoms with Crippen LogP contribution in [0.5, 0.6) is 0 Å². The zero-order valence-electron chi connectivity index (χ0n) is 12.6. The highest BCUT2D eigenvalue weighted by molar-refractivity contribution is 5.28. The van der Waals surface area contributed by atoms with Gasteiger partial charge in [0.05, 0.1) is 5.56 Å². The molecule has 0 saturated carbocycles. The number of hydrogen-bond acceptors (Lipinski definition) is 2. The fraction of sp³-hybridized carbons (Fsp3) is 0.600. The normalized spacial score (nSPS) is 13.7. The van der Waals surface area contributed by atoms with E-state index in [1.54, 1.807) is 0 Å². The lowest BCUT2D eigenvalue weighted by atomic mass is 10.0. The van der Waals surface area contributed by atoms with Gasteiger partial charge in [0.1, 0.15) is 5.82 Å². The van der Waals surface area contributed by atoms with E-state index in [0.717, 1.165) is 31.6 Å². The van der Waals surface area contributed by atoms with Gasteiger partial charge in [0.25, 0.3) is 0 Å². The first kappa shape index (κ1) is 17.9. The summed E-state index contributed by atoms with van der Waals surface area (Å²) in [4.78, 5) is 1.99. The van der Waals surface area contributed by atoms with Gasteiger partial charge in [-0.1, -0.05) is 13.0 Å². The number of halogens is 4. The molecule has 1 rings (SSSR count). The van der Waals surface area contributed by atoms with Crippen molar-refractivity contribution in [1.82, 2.24) is 10.2 Å². The first-order valence-electron chi connectivity index (χ1n) is 7.00.